The van der Waals surface area contributed by atoms with Gasteiger partial charge in [0.25, 0.3) is 0 Å². The minimum Gasteiger partial charge on any atom is -0.322 e. The van der Waals surface area contributed by atoms with Crippen LogP contribution in [0.2, 0.25) is 5.15 Å². The van der Waals surface area contributed by atoms with E-state index in [1.807, 2.05) is 0 Å². The van der Waals surface area contributed by atoms with E-state index >= 15 is 0 Å². The summed E-state index contributed by atoms with van der Waals surface area (Å²) in [7, 11) is 0. The van der Waals surface area contributed by atoms with Crippen molar-refractivity contribution >= 4 is 11.6 Å². The van der Waals surface area contributed by atoms with Crippen LogP contribution in [-0.4, -0.2) is 9.97 Å². The third-order valence-electron chi connectivity index (χ3n) is 1.82. The fourth-order valence-electron chi connectivity index (χ4n) is 1.19. The van der Waals surface area contributed by atoms with Gasteiger partial charge >= 0.3 is 0 Å². The Morgan fingerprint density at radius 3 is 2.79 bits per heavy atom. The molecule has 0 radical (unpaired) electrons. The molecule has 0 atom stereocenters. The van der Waals surface area contributed by atoms with E-state index in [2.05, 4.69) is 9.97 Å². The number of halogens is 1. The van der Waals surface area contributed by atoms with Crippen LogP contribution in [0.5, 0.6) is 0 Å². The molecule has 0 unspecified atom stereocenters. The lowest BCUT2D eigenvalue weighted by Crippen LogP contribution is -2.03. The first kappa shape index (κ1) is 8.97. The quantitative estimate of drug-likeness (QED) is 0.727. The van der Waals surface area contributed by atoms with Crippen LogP contribution in [0.3, 0.4) is 0 Å². The van der Waals surface area contributed by atoms with Gasteiger partial charge in [-0.3, -0.25) is 4.79 Å². The van der Waals surface area contributed by atoms with Crippen molar-refractivity contribution < 1.29 is 0 Å². The van der Waals surface area contributed by atoms with Gasteiger partial charge in [0.2, 0.25) is 5.56 Å². The second-order valence-electron chi connectivity index (χ2n) is 2.77. The Bertz CT molecular complexity index is 507. The number of pyridine rings is 2. The van der Waals surface area contributed by atoms with E-state index in [0.29, 0.717) is 10.8 Å². The number of hydrogen-bond acceptors (Lipinski definition) is 2. The first-order valence-electron chi connectivity index (χ1n) is 4.07. The van der Waals surface area contributed by atoms with E-state index in [1.165, 1.54) is 6.07 Å². The normalized spacial score (nSPS) is 10.1. The van der Waals surface area contributed by atoms with Gasteiger partial charge in [0.05, 0.1) is 5.69 Å². The van der Waals surface area contributed by atoms with Crippen molar-refractivity contribution in [3.8, 4) is 11.3 Å². The van der Waals surface area contributed by atoms with Crippen molar-refractivity contribution in [3.05, 3.63) is 52.0 Å². The summed E-state index contributed by atoms with van der Waals surface area (Å²) in [6, 6.07) is 8.49. The van der Waals surface area contributed by atoms with Crippen LogP contribution in [-0.2, 0) is 0 Å². The number of aromatic amines is 1. The molecule has 0 fully saturated rings. The lowest BCUT2D eigenvalue weighted by molar-refractivity contribution is 1.22. The predicted molar refractivity (Wildman–Crippen MR) is 55.3 cm³/mol. The van der Waals surface area contributed by atoms with E-state index in [-0.39, 0.29) is 5.56 Å². The molecule has 2 heterocycles. The van der Waals surface area contributed by atoms with Crippen molar-refractivity contribution in [3.63, 3.8) is 0 Å². The Labute approximate surface area is 85.4 Å². The average molecular weight is 207 g/mol. The Hall–Kier alpha value is -1.61. The van der Waals surface area contributed by atoms with E-state index in [0.717, 1.165) is 5.56 Å². The fraction of sp³-hybridized carbons (Fsp3) is 0. The molecule has 2 aromatic heterocycles. The maximum absolute atomic E-state index is 11.1. The average Bonchev–Trinajstić information content (AvgIpc) is 2.18. The standard InChI is InChI=1S/C10H7ClN2O/c11-10-7(3-2-6-12-10)8-4-1-5-9(14)13-8/h1-6H,(H,13,14). The minimum atomic E-state index is -0.151. The third-order valence-corrected chi connectivity index (χ3v) is 2.12. The van der Waals surface area contributed by atoms with Crippen LogP contribution in [0.25, 0.3) is 11.3 Å². The summed E-state index contributed by atoms with van der Waals surface area (Å²) >= 11 is 5.88. The summed E-state index contributed by atoms with van der Waals surface area (Å²) in [5.41, 5.74) is 1.25. The molecular formula is C10H7ClN2O. The smallest absolute Gasteiger partial charge is 0.248 e. The van der Waals surface area contributed by atoms with Crippen molar-refractivity contribution in [1.82, 2.24) is 9.97 Å². The maximum Gasteiger partial charge on any atom is 0.248 e. The van der Waals surface area contributed by atoms with Gasteiger partial charge in [-0.2, -0.15) is 0 Å². The Kier molecular flexibility index (Phi) is 2.33. The molecule has 0 aromatic carbocycles. The van der Waals surface area contributed by atoms with Crippen molar-refractivity contribution in [1.29, 1.82) is 0 Å². The SMILES string of the molecule is O=c1cccc(-c2cccnc2Cl)[nH]1. The molecular weight excluding hydrogens is 200 g/mol. The van der Waals surface area contributed by atoms with Crippen LogP contribution in [0.4, 0.5) is 0 Å². The first-order valence-corrected chi connectivity index (χ1v) is 4.45. The molecule has 0 saturated carbocycles. The van der Waals surface area contributed by atoms with Crippen LogP contribution < -0.4 is 5.56 Å². The molecule has 0 aliphatic heterocycles. The van der Waals surface area contributed by atoms with Gasteiger partial charge in [0, 0.05) is 17.8 Å². The zero-order valence-electron chi connectivity index (χ0n) is 7.20. The number of rotatable bonds is 1. The molecule has 70 valence electrons. The van der Waals surface area contributed by atoms with E-state index in [4.69, 9.17) is 11.6 Å². The molecule has 1 N–H and O–H groups in total. The highest BCUT2D eigenvalue weighted by Crippen LogP contribution is 2.22. The molecule has 4 heteroatoms. The monoisotopic (exact) mass is 206 g/mol. The van der Waals surface area contributed by atoms with Crippen molar-refractivity contribution in [2.45, 2.75) is 0 Å². The van der Waals surface area contributed by atoms with Gasteiger partial charge in [-0.25, -0.2) is 4.98 Å². The molecule has 14 heavy (non-hydrogen) atoms. The van der Waals surface area contributed by atoms with Crippen LogP contribution in [0.1, 0.15) is 0 Å². The molecule has 0 saturated heterocycles. The van der Waals surface area contributed by atoms with E-state index < -0.39 is 0 Å². The second-order valence-corrected chi connectivity index (χ2v) is 3.13. The molecule has 0 amide bonds. The third kappa shape index (κ3) is 1.67. The molecule has 0 aliphatic rings. The first-order chi connectivity index (χ1) is 6.77. The minimum absolute atomic E-state index is 0.151. The summed E-state index contributed by atoms with van der Waals surface area (Å²) in [6.45, 7) is 0. The van der Waals surface area contributed by atoms with E-state index in [9.17, 15) is 4.79 Å². The predicted octanol–water partition coefficient (Wildman–Crippen LogP) is 2.09. The number of hydrogen-bond donors (Lipinski definition) is 1. The summed E-state index contributed by atoms with van der Waals surface area (Å²) in [5, 5.41) is 0.384. The molecule has 0 spiro atoms. The number of nitrogens with zero attached hydrogens (tertiary/aromatic N) is 1. The Morgan fingerprint density at radius 2 is 2.07 bits per heavy atom. The van der Waals surface area contributed by atoms with Gasteiger partial charge in [-0.05, 0) is 18.2 Å². The molecule has 0 aliphatic carbocycles. The van der Waals surface area contributed by atoms with Crippen molar-refractivity contribution in [2.75, 3.05) is 0 Å². The van der Waals surface area contributed by atoms with E-state index in [1.54, 1.807) is 30.5 Å². The zero-order valence-corrected chi connectivity index (χ0v) is 7.95. The van der Waals surface area contributed by atoms with Crippen LogP contribution >= 0.6 is 11.6 Å². The van der Waals surface area contributed by atoms with Gasteiger partial charge in [-0.1, -0.05) is 17.7 Å². The highest BCUT2D eigenvalue weighted by atomic mass is 35.5. The summed E-state index contributed by atoms with van der Waals surface area (Å²) in [5.74, 6) is 0. The van der Waals surface area contributed by atoms with Crippen molar-refractivity contribution in [2.24, 2.45) is 0 Å². The Morgan fingerprint density at radius 1 is 1.21 bits per heavy atom. The summed E-state index contributed by atoms with van der Waals surface area (Å²) in [6.07, 6.45) is 1.60. The largest absolute Gasteiger partial charge is 0.322 e. The highest BCUT2D eigenvalue weighted by Gasteiger charge is 2.03. The number of H-pyrrole nitrogens is 1. The van der Waals surface area contributed by atoms with Crippen LogP contribution in [0.15, 0.2) is 41.3 Å². The second kappa shape index (κ2) is 3.64. The fourth-order valence-corrected chi connectivity index (χ4v) is 1.41. The molecule has 2 aromatic rings. The van der Waals surface area contributed by atoms with Crippen LogP contribution in [0, 0.1) is 0 Å². The maximum atomic E-state index is 11.1. The van der Waals surface area contributed by atoms with Gasteiger partial charge in [0.1, 0.15) is 5.15 Å². The lowest BCUT2D eigenvalue weighted by atomic mass is 10.2. The Balaban J connectivity index is 2.61. The lowest BCUT2D eigenvalue weighted by Gasteiger charge is -2.01. The molecule has 0 bridgehead atoms. The number of nitrogens with one attached hydrogen (secondary N) is 1. The number of aromatic nitrogens is 2. The summed E-state index contributed by atoms with van der Waals surface area (Å²) < 4.78 is 0. The van der Waals surface area contributed by atoms with Gasteiger partial charge in [-0.15, -0.1) is 0 Å². The summed E-state index contributed by atoms with van der Waals surface area (Å²) in [4.78, 5) is 17.7. The van der Waals surface area contributed by atoms with Gasteiger partial charge in [0.15, 0.2) is 0 Å². The molecule has 3 nitrogen and oxygen atoms in total. The topological polar surface area (TPSA) is 45.8 Å². The zero-order chi connectivity index (χ0) is 9.97. The highest BCUT2D eigenvalue weighted by molar-refractivity contribution is 6.31. The van der Waals surface area contributed by atoms with Gasteiger partial charge < -0.3 is 4.98 Å². The molecule has 2 rings (SSSR count).